The van der Waals surface area contributed by atoms with Crippen molar-refractivity contribution in [3.63, 3.8) is 0 Å². The van der Waals surface area contributed by atoms with Gasteiger partial charge >= 0.3 is 6.18 Å². The molecule has 198 valence electrons. The molecule has 0 unspecified atom stereocenters. The molecule has 0 saturated carbocycles. The minimum atomic E-state index is -4.49. The Bertz CT molecular complexity index is 1670. The number of anilines is 3. The minimum Gasteiger partial charge on any atom is -0.494 e. The molecule has 1 aromatic heterocycles. The Balaban J connectivity index is 0.000000695. The molecular weight excluding hydrogens is 535 g/mol. The van der Waals surface area contributed by atoms with Gasteiger partial charge in [0.15, 0.2) is 0 Å². The summed E-state index contributed by atoms with van der Waals surface area (Å²) in [6.45, 7) is 0. The third-order valence-electron chi connectivity index (χ3n) is 4.77. The van der Waals surface area contributed by atoms with E-state index >= 15 is 0 Å². The second kappa shape index (κ2) is 10.4. The second-order valence-electron chi connectivity index (χ2n) is 7.88. The molecule has 9 nitrogen and oxygen atoms in total. The van der Waals surface area contributed by atoms with E-state index in [1.807, 2.05) is 12.1 Å². The average molecular weight is 558 g/mol. The van der Waals surface area contributed by atoms with E-state index in [2.05, 4.69) is 15.0 Å². The Morgan fingerprint density at radius 1 is 0.892 bits per heavy atom. The maximum Gasteiger partial charge on any atom is 0.416 e. The molecule has 0 fully saturated rings. The van der Waals surface area contributed by atoms with Crippen molar-refractivity contribution in [3.8, 4) is 5.75 Å². The molecule has 4 aromatic rings. The Labute approximate surface area is 211 Å². The summed E-state index contributed by atoms with van der Waals surface area (Å²) in [5, 5.41) is 4.44. The first-order valence-corrected chi connectivity index (χ1v) is 14.0. The quantitative estimate of drug-likeness (QED) is 0.230. The van der Waals surface area contributed by atoms with Crippen LogP contribution in [0, 0.1) is 0 Å². The van der Waals surface area contributed by atoms with Crippen LogP contribution in [0.5, 0.6) is 5.75 Å². The molecule has 1 heterocycles. The van der Waals surface area contributed by atoms with E-state index in [4.69, 9.17) is 9.29 Å². The summed E-state index contributed by atoms with van der Waals surface area (Å²) in [6.07, 6.45) is -2.73. The number of sulfonamides is 1. The maximum absolute atomic E-state index is 13.2. The van der Waals surface area contributed by atoms with Crippen molar-refractivity contribution < 1.29 is 39.3 Å². The monoisotopic (exact) mass is 557 g/mol. The lowest BCUT2D eigenvalue weighted by atomic mass is 10.0. The van der Waals surface area contributed by atoms with Crippen LogP contribution in [0.2, 0.25) is 0 Å². The first-order chi connectivity index (χ1) is 17.0. The molecule has 0 atom stereocenters. The number of nitrogens with one attached hydrogen (secondary N) is 2. The van der Waals surface area contributed by atoms with Crippen molar-refractivity contribution >= 4 is 59.0 Å². The molecule has 0 saturated heterocycles. The van der Waals surface area contributed by atoms with Crippen molar-refractivity contribution in [1.29, 1.82) is 0 Å². The van der Waals surface area contributed by atoms with Crippen LogP contribution in [0.1, 0.15) is 5.56 Å². The Hall–Kier alpha value is -3.62. The first-order valence-electron chi connectivity index (χ1n) is 10.3. The van der Waals surface area contributed by atoms with E-state index in [0.29, 0.717) is 45.4 Å². The topological polar surface area (TPSA) is 135 Å². The standard InChI is InChI=1S/C22H18F3N3O3S.CH4O3S/c1-31-20-12-14(28-32(2,29)30)8-10-18(20)27-21-15-5-3-4-6-17(15)26-19-11-13(22(23,24)25)7-9-16(19)21;1-5(2,3)4/h3-12,28H,1-2H3,(H,26,27);1H3,(H,2,3,4). The van der Waals surface area contributed by atoms with Gasteiger partial charge in [0.25, 0.3) is 10.1 Å². The predicted octanol–water partition coefficient (Wildman–Crippen LogP) is 5.03. The van der Waals surface area contributed by atoms with Crippen LogP contribution in [-0.2, 0) is 26.3 Å². The number of hydrogen-bond donors (Lipinski definition) is 3. The number of alkyl halides is 3. The van der Waals surface area contributed by atoms with E-state index < -0.39 is 31.9 Å². The molecule has 37 heavy (non-hydrogen) atoms. The summed E-state index contributed by atoms with van der Waals surface area (Å²) in [5.41, 5.74) is 1.30. The number of rotatable bonds is 5. The lowest BCUT2D eigenvalue weighted by molar-refractivity contribution is -0.137. The van der Waals surface area contributed by atoms with Crippen LogP contribution in [-0.4, -0.2) is 46.0 Å². The summed E-state index contributed by atoms with van der Waals surface area (Å²) >= 11 is 0. The van der Waals surface area contributed by atoms with Gasteiger partial charge in [0.2, 0.25) is 10.0 Å². The van der Waals surface area contributed by atoms with Gasteiger partial charge in [0.05, 0.1) is 53.3 Å². The Morgan fingerprint density at radius 3 is 2.11 bits per heavy atom. The zero-order valence-electron chi connectivity index (χ0n) is 19.7. The highest BCUT2D eigenvalue weighted by atomic mass is 32.2. The van der Waals surface area contributed by atoms with Crippen LogP contribution >= 0.6 is 0 Å². The van der Waals surface area contributed by atoms with E-state index in [1.54, 1.807) is 24.3 Å². The van der Waals surface area contributed by atoms with Crippen LogP contribution in [0.25, 0.3) is 21.8 Å². The first kappa shape index (κ1) is 28.0. The third kappa shape index (κ3) is 7.68. The predicted molar refractivity (Wildman–Crippen MR) is 136 cm³/mol. The van der Waals surface area contributed by atoms with Gasteiger partial charge in [0.1, 0.15) is 5.75 Å². The van der Waals surface area contributed by atoms with Crippen molar-refractivity contribution in [3.05, 3.63) is 66.2 Å². The minimum absolute atomic E-state index is 0.190. The number of para-hydroxylation sites is 1. The fourth-order valence-electron chi connectivity index (χ4n) is 3.41. The van der Waals surface area contributed by atoms with Gasteiger partial charge < -0.3 is 10.1 Å². The van der Waals surface area contributed by atoms with Gasteiger partial charge in [-0.05, 0) is 30.3 Å². The smallest absolute Gasteiger partial charge is 0.416 e. The summed E-state index contributed by atoms with van der Waals surface area (Å²) in [4.78, 5) is 4.40. The van der Waals surface area contributed by atoms with Crippen molar-refractivity contribution in [2.24, 2.45) is 0 Å². The van der Waals surface area contributed by atoms with Gasteiger partial charge in [-0.15, -0.1) is 0 Å². The number of nitrogens with zero attached hydrogens (tertiary/aromatic N) is 1. The lowest BCUT2D eigenvalue weighted by Gasteiger charge is -2.17. The van der Waals surface area contributed by atoms with Crippen molar-refractivity contribution in [2.45, 2.75) is 6.18 Å². The number of aromatic nitrogens is 1. The lowest BCUT2D eigenvalue weighted by Crippen LogP contribution is -2.09. The highest BCUT2D eigenvalue weighted by Crippen LogP contribution is 2.39. The largest absolute Gasteiger partial charge is 0.494 e. The van der Waals surface area contributed by atoms with Gasteiger partial charge in [-0.3, -0.25) is 9.27 Å². The molecule has 0 aliphatic heterocycles. The van der Waals surface area contributed by atoms with Crippen LogP contribution in [0.3, 0.4) is 0 Å². The number of methoxy groups -OCH3 is 1. The van der Waals surface area contributed by atoms with Gasteiger partial charge in [-0.1, -0.05) is 24.3 Å². The Kier molecular flexibility index (Phi) is 7.86. The number of hydrogen-bond acceptors (Lipinski definition) is 7. The van der Waals surface area contributed by atoms with Crippen LogP contribution in [0.15, 0.2) is 60.7 Å². The van der Waals surface area contributed by atoms with Crippen LogP contribution < -0.4 is 14.8 Å². The molecule has 0 radical (unpaired) electrons. The molecule has 3 N–H and O–H groups in total. The van der Waals surface area contributed by atoms with Gasteiger partial charge in [-0.25, -0.2) is 13.4 Å². The summed E-state index contributed by atoms with van der Waals surface area (Å²) < 4.78 is 96.3. The number of halogens is 3. The molecule has 0 bridgehead atoms. The van der Waals surface area contributed by atoms with Gasteiger partial charge in [-0.2, -0.15) is 21.6 Å². The van der Waals surface area contributed by atoms with E-state index in [-0.39, 0.29) is 5.52 Å². The van der Waals surface area contributed by atoms with Crippen molar-refractivity contribution in [1.82, 2.24) is 4.98 Å². The normalized spacial score (nSPS) is 12.1. The number of fused-ring (bicyclic) bond motifs is 2. The molecule has 0 spiro atoms. The SMILES string of the molecule is COc1cc(NS(C)(=O)=O)ccc1Nc1c2ccccc2nc2cc(C(F)(F)F)ccc12.CS(=O)(=O)O. The fourth-order valence-corrected chi connectivity index (χ4v) is 3.97. The molecule has 3 aromatic carbocycles. The van der Waals surface area contributed by atoms with Gasteiger partial charge in [0, 0.05) is 16.8 Å². The molecule has 0 amide bonds. The third-order valence-corrected chi connectivity index (χ3v) is 5.38. The zero-order valence-corrected chi connectivity index (χ0v) is 21.3. The number of benzene rings is 3. The molecule has 4 rings (SSSR count). The van der Waals surface area contributed by atoms with E-state index in [0.717, 1.165) is 18.4 Å². The number of pyridine rings is 1. The molecule has 0 aliphatic carbocycles. The van der Waals surface area contributed by atoms with E-state index in [1.165, 1.54) is 19.2 Å². The summed E-state index contributed by atoms with van der Waals surface area (Å²) in [5.74, 6) is 0.347. The summed E-state index contributed by atoms with van der Waals surface area (Å²) in [6, 6.07) is 15.2. The summed E-state index contributed by atoms with van der Waals surface area (Å²) in [7, 11) is -5.71. The Morgan fingerprint density at radius 2 is 1.51 bits per heavy atom. The maximum atomic E-state index is 13.2. The number of ether oxygens (including phenoxy) is 1. The molecule has 14 heteroatoms. The fraction of sp³-hybridized carbons (Fsp3) is 0.174. The second-order valence-corrected chi connectivity index (χ2v) is 11.1. The molecule has 0 aliphatic rings. The van der Waals surface area contributed by atoms with Crippen molar-refractivity contribution in [2.75, 3.05) is 29.7 Å². The highest BCUT2D eigenvalue weighted by Gasteiger charge is 2.31. The highest BCUT2D eigenvalue weighted by molar-refractivity contribution is 7.92. The van der Waals surface area contributed by atoms with Crippen LogP contribution in [0.4, 0.5) is 30.2 Å². The average Bonchev–Trinajstić information content (AvgIpc) is 2.76. The van der Waals surface area contributed by atoms with E-state index in [9.17, 15) is 30.0 Å². The zero-order chi connectivity index (χ0) is 27.6. The molecular formula is C23H22F3N3O6S2.